The number of aryl methyl sites for hydroxylation is 1. The molecule has 7 nitrogen and oxygen atoms in total. The third-order valence-electron chi connectivity index (χ3n) is 3.51. The number of benzene rings is 1. The van der Waals surface area contributed by atoms with Crippen molar-refractivity contribution < 1.29 is 9.13 Å². The first-order valence-corrected chi connectivity index (χ1v) is 7.50. The van der Waals surface area contributed by atoms with Crippen LogP contribution < -0.4 is 10.1 Å². The summed E-state index contributed by atoms with van der Waals surface area (Å²) in [5, 5.41) is 11.1. The van der Waals surface area contributed by atoms with Gasteiger partial charge in [0.05, 0.1) is 31.2 Å². The average molecular weight is 328 g/mol. The summed E-state index contributed by atoms with van der Waals surface area (Å²) in [6.45, 7) is 2.16. The lowest BCUT2D eigenvalue weighted by Crippen LogP contribution is -2.07. The first kappa shape index (κ1) is 15.9. The van der Waals surface area contributed by atoms with Crippen LogP contribution in [0.3, 0.4) is 0 Å². The summed E-state index contributed by atoms with van der Waals surface area (Å²) in [4.78, 5) is 7.82. The average Bonchev–Trinajstić information content (AvgIpc) is 3.10. The topological polar surface area (TPSA) is 77.8 Å². The van der Waals surface area contributed by atoms with Crippen molar-refractivity contribution in [3.63, 3.8) is 0 Å². The predicted molar refractivity (Wildman–Crippen MR) is 86.6 cm³/mol. The Bertz CT molecular complexity index is 818. The predicted octanol–water partition coefficient (Wildman–Crippen LogP) is 2.38. The molecule has 0 amide bonds. The molecule has 0 spiro atoms. The summed E-state index contributed by atoms with van der Waals surface area (Å²) in [5.41, 5.74) is 1.91. The third kappa shape index (κ3) is 3.32. The summed E-state index contributed by atoms with van der Waals surface area (Å²) in [5.74, 6) is 0.509. The maximum absolute atomic E-state index is 14.1. The number of rotatable bonds is 6. The van der Waals surface area contributed by atoms with E-state index in [4.69, 9.17) is 4.74 Å². The lowest BCUT2D eigenvalue weighted by Gasteiger charge is -2.06. The number of anilines is 1. The van der Waals surface area contributed by atoms with Gasteiger partial charge < -0.3 is 10.1 Å². The Kier molecular flexibility index (Phi) is 4.64. The van der Waals surface area contributed by atoms with Gasteiger partial charge >= 0.3 is 0 Å². The van der Waals surface area contributed by atoms with Crippen LogP contribution in [0, 0.1) is 5.82 Å². The molecule has 1 aromatic carbocycles. The van der Waals surface area contributed by atoms with Crippen LogP contribution in [0.4, 0.5) is 10.2 Å². The number of hydrogen-bond acceptors (Lipinski definition) is 6. The van der Waals surface area contributed by atoms with Gasteiger partial charge in [-0.2, -0.15) is 0 Å². The number of nitrogens with one attached hydrogen (secondary N) is 1. The Hall–Kier alpha value is -3.03. The molecule has 0 aliphatic carbocycles. The van der Waals surface area contributed by atoms with Crippen molar-refractivity contribution in [2.24, 2.45) is 0 Å². The Balaban J connectivity index is 1.70. The molecule has 24 heavy (non-hydrogen) atoms. The molecule has 1 N–H and O–H groups in total. The highest BCUT2D eigenvalue weighted by Gasteiger charge is 2.10. The van der Waals surface area contributed by atoms with E-state index in [1.54, 1.807) is 18.0 Å². The number of hydrogen-bond donors (Lipinski definition) is 1. The summed E-state index contributed by atoms with van der Waals surface area (Å²) in [6, 6.07) is 7.44. The lowest BCUT2D eigenvalue weighted by molar-refractivity contribution is 0.414. The Labute approximate surface area is 138 Å². The molecule has 0 aliphatic heterocycles. The van der Waals surface area contributed by atoms with Crippen molar-refractivity contribution in [2.45, 2.75) is 19.9 Å². The number of ether oxygens (including phenoxy) is 1. The SMILES string of the molecule is CCc1ncnc(NCc2cn(-c3ccc(OC)cc3)nn2)c1F. The van der Waals surface area contributed by atoms with E-state index in [0.29, 0.717) is 24.4 Å². The van der Waals surface area contributed by atoms with Gasteiger partial charge in [-0.1, -0.05) is 12.1 Å². The van der Waals surface area contributed by atoms with Gasteiger partial charge in [0.15, 0.2) is 11.6 Å². The molecule has 3 rings (SSSR count). The van der Waals surface area contributed by atoms with Gasteiger partial charge in [0.1, 0.15) is 17.8 Å². The second-order valence-electron chi connectivity index (χ2n) is 5.04. The molecule has 0 unspecified atom stereocenters. The molecule has 3 aromatic rings. The molecule has 2 heterocycles. The number of halogens is 1. The third-order valence-corrected chi connectivity index (χ3v) is 3.51. The molecule has 0 fully saturated rings. The monoisotopic (exact) mass is 328 g/mol. The van der Waals surface area contributed by atoms with Crippen LogP contribution in [0.5, 0.6) is 5.75 Å². The molecule has 124 valence electrons. The van der Waals surface area contributed by atoms with E-state index in [2.05, 4.69) is 25.6 Å². The fraction of sp³-hybridized carbons (Fsp3) is 0.250. The van der Waals surface area contributed by atoms with Crippen LogP contribution in [0.15, 0.2) is 36.8 Å². The van der Waals surface area contributed by atoms with Crippen LogP contribution in [0.2, 0.25) is 0 Å². The van der Waals surface area contributed by atoms with Crippen molar-refractivity contribution >= 4 is 5.82 Å². The van der Waals surface area contributed by atoms with Crippen molar-refractivity contribution in [1.29, 1.82) is 0 Å². The van der Waals surface area contributed by atoms with Gasteiger partial charge in [-0.25, -0.2) is 19.0 Å². The first-order chi connectivity index (χ1) is 11.7. The number of methoxy groups -OCH3 is 1. The van der Waals surface area contributed by atoms with Crippen LogP contribution in [-0.2, 0) is 13.0 Å². The van der Waals surface area contributed by atoms with E-state index in [1.165, 1.54) is 6.33 Å². The fourth-order valence-corrected chi connectivity index (χ4v) is 2.19. The van der Waals surface area contributed by atoms with E-state index in [1.807, 2.05) is 31.2 Å². The molecule has 0 radical (unpaired) electrons. The highest BCUT2D eigenvalue weighted by molar-refractivity contribution is 5.38. The Morgan fingerprint density at radius 3 is 2.71 bits per heavy atom. The Morgan fingerprint density at radius 2 is 2.00 bits per heavy atom. The molecule has 0 saturated heterocycles. The standard InChI is InChI=1S/C16H17FN6O/c1-3-14-15(17)16(20-10-19-14)18-8-11-9-23(22-21-11)12-4-6-13(24-2)7-5-12/h4-7,9-10H,3,8H2,1-2H3,(H,18,19,20). The van der Waals surface area contributed by atoms with Crippen molar-refractivity contribution in [2.75, 3.05) is 12.4 Å². The van der Waals surface area contributed by atoms with Gasteiger partial charge in [0.2, 0.25) is 0 Å². The van der Waals surface area contributed by atoms with Crippen molar-refractivity contribution in [3.8, 4) is 11.4 Å². The largest absolute Gasteiger partial charge is 0.497 e. The smallest absolute Gasteiger partial charge is 0.186 e. The summed E-state index contributed by atoms with van der Waals surface area (Å²) in [6.07, 6.45) is 3.63. The zero-order valence-corrected chi connectivity index (χ0v) is 13.4. The van der Waals surface area contributed by atoms with Gasteiger partial charge in [0.25, 0.3) is 0 Å². The summed E-state index contributed by atoms with van der Waals surface area (Å²) < 4.78 is 20.8. The molecule has 2 aromatic heterocycles. The number of nitrogens with zero attached hydrogens (tertiary/aromatic N) is 5. The normalized spacial score (nSPS) is 10.6. The van der Waals surface area contributed by atoms with Crippen molar-refractivity contribution in [1.82, 2.24) is 25.0 Å². The quantitative estimate of drug-likeness (QED) is 0.748. The van der Waals surface area contributed by atoms with Gasteiger partial charge in [-0.3, -0.25) is 0 Å². The van der Waals surface area contributed by atoms with Crippen LogP contribution in [0.1, 0.15) is 18.3 Å². The maximum Gasteiger partial charge on any atom is 0.186 e. The molecule has 8 heteroatoms. The van der Waals surface area contributed by atoms with Gasteiger partial charge in [0, 0.05) is 0 Å². The lowest BCUT2D eigenvalue weighted by atomic mass is 10.3. The number of aromatic nitrogens is 5. The highest BCUT2D eigenvalue weighted by Crippen LogP contribution is 2.16. The summed E-state index contributed by atoms with van der Waals surface area (Å²) >= 11 is 0. The minimum atomic E-state index is -0.428. The van der Waals surface area contributed by atoms with Gasteiger partial charge in [-0.05, 0) is 30.7 Å². The molecule has 0 saturated carbocycles. The first-order valence-electron chi connectivity index (χ1n) is 7.50. The highest BCUT2D eigenvalue weighted by atomic mass is 19.1. The van der Waals surface area contributed by atoms with E-state index in [-0.39, 0.29) is 5.82 Å². The van der Waals surface area contributed by atoms with Crippen LogP contribution >= 0.6 is 0 Å². The molecule has 0 bridgehead atoms. The molecule has 0 atom stereocenters. The fourth-order valence-electron chi connectivity index (χ4n) is 2.19. The van der Waals surface area contributed by atoms with E-state index in [0.717, 1.165) is 11.4 Å². The zero-order valence-electron chi connectivity index (χ0n) is 13.4. The van der Waals surface area contributed by atoms with Gasteiger partial charge in [-0.15, -0.1) is 5.10 Å². The summed E-state index contributed by atoms with van der Waals surface area (Å²) in [7, 11) is 1.62. The van der Waals surface area contributed by atoms with E-state index >= 15 is 0 Å². The van der Waals surface area contributed by atoms with Crippen LogP contribution in [-0.4, -0.2) is 32.1 Å². The van der Waals surface area contributed by atoms with E-state index < -0.39 is 5.82 Å². The molecule has 0 aliphatic rings. The van der Waals surface area contributed by atoms with E-state index in [9.17, 15) is 4.39 Å². The molecular weight excluding hydrogens is 311 g/mol. The minimum Gasteiger partial charge on any atom is -0.497 e. The second kappa shape index (κ2) is 7.03. The zero-order chi connectivity index (χ0) is 16.9. The molecular formula is C16H17FN6O. The van der Waals surface area contributed by atoms with Crippen molar-refractivity contribution in [3.05, 3.63) is 54.0 Å². The van der Waals surface area contributed by atoms with Crippen LogP contribution in [0.25, 0.3) is 5.69 Å². The maximum atomic E-state index is 14.1. The second-order valence-corrected chi connectivity index (χ2v) is 5.04. The minimum absolute atomic E-state index is 0.167. The Morgan fingerprint density at radius 1 is 1.21 bits per heavy atom.